The summed E-state index contributed by atoms with van der Waals surface area (Å²) in [6.07, 6.45) is 0. The lowest BCUT2D eigenvalue weighted by Crippen LogP contribution is -1.82. The molecule has 4 heteroatoms. The summed E-state index contributed by atoms with van der Waals surface area (Å²) in [6.45, 7) is 0. The van der Waals surface area contributed by atoms with Gasteiger partial charge in [-0.15, -0.1) is 11.3 Å². The second-order valence-electron chi connectivity index (χ2n) is 1.34. The molecular weight excluding hydrogens is 140 g/mol. The standard InChI is InChI=1S/C4H6N2S2/c5-4-6-3(1-7)2-8-4/h2,7H,1H2,(H2,5,6). The Labute approximate surface area is 57.2 Å². The fourth-order valence-corrected chi connectivity index (χ4v) is 1.24. The molecule has 0 aliphatic heterocycles. The number of thiazole rings is 1. The number of nitrogens with zero attached hydrogens (tertiary/aromatic N) is 1. The molecule has 0 aromatic carbocycles. The Morgan fingerprint density at radius 1 is 1.88 bits per heavy atom. The first-order valence-corrected chi connectivity index (χ1v) is 3.65. The van der Waals surface area contributed by atoms with E-state index in [1.165, 1.54) is 11.3 Å². The number of aromatic nitrogens is 1. The van der Waals surface area contributed by atoms with Gasteiger partial charge in [-0.25, -0.2) is 4.98 Å². The average molecular weight is 146 g/mol. The van der Waals surface area contributed by atoms with Gasteiger partial charge in [0, 0.05) is 11.1 Å². The first-order valence-electron chi connectivity index (χ1n) is 2.13. The summed E-state index contributed by atoms with van der Waals surface area (Å²) < 4.78 is 0. The van der Waals surface area contributed by atoms with Gasteiger partial charge < -0.3 is 5.73 Å². The molecule has 2 N–H and O–H groups in total. The van der Waals surface area contributed by atoms with Crippen LogP contribution in [0.4, 0.5) is 5.13 Å². The highest BCUT2D eigenvalue weighted by molar-refractivity contribution is 7.79. The van der Waals surface area contributed by atoms with Crippen molar-refractivity contribution in [2.45, 2.75) is 5.75 Å². The topological polar surface area (TPSA) is 38.9 Å². The first-order chi connectivity index (χ1) is 3.83. The normalized spacial score (nSPS) is 9.62. The van der Waals surface area contributed by atoms with Gasteiger partial charge in [-0.3, -0.25) is 0 Å². The minimum Gasteiger partial charge on any atom is -0.375 e. The molecule has 0 bridgehead atoms. The van der Waals surface area contributed by atoms with Crippen LogP contribution in [0.2, 0.25) is 0 Å². The Balaban J connectivity index is 2.84. The van der Waals surface area contributed by atoms with Crippen LogP contribution in [0.1, 0.15) is 5.69 Å². The van der Waals surface area contributed by atoms with Crippen LogP contribution in [-0.4, -0.2) is 4.98 Å². The van der Waals surface area contributed by atoms with Crippen LogP contribution in [0.5, 0.6) is 0 Å². The van der Waals surface area contributed by atoms with E-state index in [0.717, 1.165) is 5.69 Å². The van der Waals surface area contributed by atoms with Crippen LogP contribution >= 0.6 is 24.0 Å². The second kappa shape index (κ2) is 2.37. The zero-order valence-corrected chi connectivity index (χ0v) is 5.88. The van der Waals surface area contributed by atoms with E-state index < -0.39 is 0 Å². The van der Waals surface area contributed by atoms with Gasteiger partial charge in [0.1, 0.15) is 0 Å². The molecule has 0 fully saturated rings. The highest BCUT2D eigenvalue weighted by Crippen LogP contribution is 2.11. The Morgan fingerprint density at radius 2 is 2.62 bits per heavy atom. The molecule has 1 rings (SSSR count). The summed E-state index contributed by atoms with van der Waals surface area (Å²) in [7, 11) is 0. The van der Waals surface area contributed by atoms with Crippen LogP contribution in [0, 0.1) is 0 Å². The van der Waals surface area contributed by atoms with E-state index in [2.05, 4.69) is 17.6 Å². The van der Waals surface area contributed by atoms with Crippen LogP contribution in [0.3, 0.4) is 0 Å². The Kier molecular flexibility index (Phi) is 1.75. The van der Waals surface area contributed by atoms with Crippen molar-refractivity contribution >= 4 is 29.1 Å². The number of anilines is 1. The second-order valence-corrected chi connectivity index (χ2v) is 2.54. The lowest BCUT2D eigenvalue weighted by atomic mass is 10.6. The van der Waals surface area contributed by atoms with Crippen molar-refractivity contribution in [2.75, 3.05) is 5.73 Å². The molecule has 0 radical (unpaired) electrons. The molecule has 0 amide bonds. The van der Waals surface area contributed by atoms with E-state index in [-0.39, 0.29) is 0 Å². The van der Waals surface area contributed by atoms with Gasteiger partial charge in [0.05, 0.1) is 5.69 Å². The molecule has 1 heterocycles. The van der Waals surface area contributed by atoms with Gasteiger partial charge in [-0.05, 0) is 0 Å². The molecule has 1 aromatic heterocycles. The largest absolute Gasteiger partial charge is 0.375 e. The van der Waals surface area contributed by atoms with Gasteiger partial charge in [-0.1, -0.05) is 0 Å². The monoisotopic (exact) mass is 146 g/mol. The van der Waals surface area contributed by atoms with Crippen molar-refractivity contribution in [3.8, 4) is 0 Å². The maximum Gasteiger partial charge on any atom is 0.180 e. The molecule has 0 atom stereocenters. The minimum absolute atomic E-state index is 0.619. The smallest absolute Gasteiger partial charge is 0.180 e. The summed E-state index contributed by atoms with van der Waals surface area (Å²) >= 11 is 5.46. The van der Waals surface area contributed by atoms with E-state index >= 15 is 0 Å². The third kappa shape index (κ3) is 1.14. The zero-order chi connectivity index (χ0) is 5.98. The van der Waals surface area contributed by atoms with Gasteiger partial charge in [0.2, 0.25) is 0 Å². The molecule has 1 aromatic rings. The van der Waals surface area contributed by atoms with Crippen LogP contribution in [0.15, 0.2) is 5.38 Å². The number of hydrogen-bond acceptors (Lipinski definition) is 4. The summed E-state index contributed by atoms with van der Waals surface area (Å²) in [4.78, 5) is 3.95. The van der Waals surface area contributed by atoms with Gasteiger partial charge in [0.25, 0.3) is 0 Å². The summed E-state index contributed by atoms with van der Waals surface area (Å²) in [5.41, 5.74) is 6.28. The SMILES string of the molecule is Nc1nc(CS)cs1. The maximum atomic E-state index is 5.33. The maximum absolute atomic E-state index is 5.33. The highest BCUT2D eigenvalue weighted by atomic mass is 32.1. The Hall–Kier alpha value is -0.220. The Morgan fingerprint density at radius 3 is 2.88 bits per heavy atom. The highest BCUT2D eigenvalue weighted by Gasteiger charge is 1.92. The van der Waals surface area contributed by atoms with Crippen LogP contribution in [-0.2, 0) is 5.75 Å². The number of rotatable bonds is 1. The van der Waals surface area contributed by atoms with Gasteiger partial charge in [-0.2, -0.15) is 12.6 Å². The van der Waals surface area contributed by atoms with Crippen molar-refractivity contribution in [1.29, 1.82) is 0 Å². The number of nitrogen functional groups attached to an aromatic ring is 1. The van der Waals surface area contributed by atoms with Crippen molar-refractivity contribution in [3.63, 3.8) is 0 Å². The molecular formula is C4H6N2S2. The predicted molar refractivity (Wildman–Crippen MR) is 39.2 cm³/mol. The van der Waals surface area contributed by atoms with Crippen LogP contribution in [0.25, 0.3) is 0 Å². The van der Waals surface area contributed by atoms with Crippen molar-refractivity contribution in [3.05, 3.63) is 11.1 Å². The van der Waals surface area contributed by atoms with E-state index in [0.29, 0.717) is 10.9 Å². The number of thiol groups is 1. The predicted octanol–water partition coefficient (Wildman–Crippen LogP) is 1.16. The molecule has 44 valence electrons. The lowest BCUT2D eigenvalue weighted by Gasteiger charge is -1.79. The van der Waals surface area contributed by atoms with E-state index in [4.69, 9.17) is 5.73 Å². The molecule has 0 spiro atoms. The zero-order valence-electron chi connectivity index (χ0n) is 4.16. The van der Waals surface area contributed by atoms with Crippen molar-refractivity contribution in [1.82, 2.24) is 4.98 Å². The molecule has 2 nitrogen and oxygen atoms in total. The quantitative estimate of drug-likeness (QED) is 0.583. The summed E-state index contributed by atoms with van der Waals surface area (Å²) in [5.74, 6) is 0.674. The summed E-state index contributed by atoms with van der Waals surface area (Å²) in [6, 6.07) is 0. The van der Waals surface area contributed by atoms with Gasteiger partial charge in [0.15, 0.2) is 5.13 Å². The van der Waals surface area contributed by atoms with Crippen molar-refractivity contribution < 1.29 is 0 Å². The third-order valence-corrected chi connectivity index (χ3v) is 1.78. The molecule has 0 saturated heterocycles. The van der Waals surface area contributed by atoms with E-state index in [1.807, 2.05) is 5.38 Å². The van der Waals surface area contributed by atoms with Crippen LogP contribution < -0.4 is 5.73 Å². The average Bonchev–Trinajstić information content (AvgIpc) is 2.14. The summed E-state index contributed by atoms with van der Waals surface area (Å²) in [5, 5.41) is 2.52. The van der Waals surface area contributed by atoms with E-state index in [1.54, 1.807) is 0 Å². The Bertz CT molecular complexity index is 172. The van der Waals surface area contributed by atoms with Gasteiger partial charge >= 0.3 is 0 Å². The number of nitrogens with two attached hydrogens (primary N) is 1. The fourth-order valence-electron chi connectivity index (χ4n) is 0.395. The lowest BCUT2D eigenvalue weighted by molar-refractivity contribution is 1.25. The molecule has 0 saturated carbocycles. The molecule has 8 heavy (non-hydrogen) atoms. The molecule has 0 aliphatic carbocycles. The molecule has 0 aliphatic rings. The third-order valence-electron chi connectivity index (χ3n) is 0.732. The van der Waals surface area contributed by atoms with Crippen molar-refractivity contribution in [2.24, 2.45) is 0 Å². The first kappa shape index (κ1) is 5.91. The molecule has 0 unspecified atom stereocenters. The minimum atomic E-state index is 0.619. The fraction of sp³-hybridized carbons (Fsp3) is 0.250. The van der Waals surface area contributed by atoms with E-state index in [9.17, 15) is 0 Å². The number of hydrogen-bond donors (Lipinski definition) is 2.